The van der Waals surface area contributed by atoms with E-state index in [1.165, 1.54) is 6.07 Å². The van der Waals surface area contributed by atoms with Crippen LogP contribution in [-0.4, -0.2) is 45.9 Å². The first-order chi connectivity index (χ1) is 16.1. The lowest BCUT2D eigenvalue weighted by Gasteiger charge is -2.26. The second-order valence-electron chi connectivity index (χ2n) is 7.59. The number of ether oxygens (including phenoxy) is 1. The molecule has 2 aromatic carbocycles. The van der Waals surface area contributed by atoms with Gasteiger partial charge in [-0.2, -0.15) is 5.26 Å². The summed E-state index contributed by atoms with van der Waals surface area (Å²) in [5.74, 6) is -1.30. The van der Waals surface area contributed by atoms with Gasteiger partial charge in [0.1, 0.15) is 21.8 Å². The van der Waals surface area contributed by atoms with Gasteiger partial charge in [0.2, 0.25) is 0 Å². The smallest absolute Gasteiger partial charge is 0.250 e. The first-order valence-electron chi connectivity index (χ1n) is 10.2. The van der Waals surface area contributed by atoms with Crippen LogP contribution < -0.4 is 14.1 Å². The van der Waals surface area contributed by atoms with Crippen molar-refractivity contribution in [2.45, 2.75) is 10.8 Å². The molecule has 3 aromatic rings. The Bertz CT molecular complexity index is 1400. The van der Waals surface area contributed by atoms with E-state index in [-0.39, 0.29) is 15.5 Å². The maximum atomic E-state index is 13.7. The summed E-state index contributed by atoms with van der Waals surface area (Å²) in [6.07, 6.45) is -1.02. The number of hydrogen-bond acceptors (Lipinski definition) is 9. The third-order valence-corrected chi connectivity index (χ3v) is 9.33. The fourth-order valence-electron chi connectivity index (χ4n) is 3.39. The topological polar surface area (TPSA) is 132 Å². The number of nitriles is 1. The molecule has 1 aliphatic rings. The number of thiophene rings is 1. The molecule has 1 N–H and O–H groups in total. The van der Waals surface area contributed by atoms with Gasteiger partial charge in [-0.3, -0.25) is 9.46 Å². The fraction of sp³-hybridized carbons (Fsp3) is 0.286. The molecule has 9 nitrogen and oxygen atoms in total. The molecule has 1 unspecified atom stereocenters. The summed E-state index contributed by atoms with van der Waals surface area (Å²) >= 11 is 1.02. The fourth-order valence-corrected chi connectivity index (χ4v) is 7.28. The predicted octanol–water partition coefficient (Wildman–Crippen LogP) is 2.61. The van der Waals surface area contributed by atoms with E-state index >= 15 is 0 Å². The second kappa shape index (κ2) is 10.1. The van der Waals surface area contributed by atoms with Crippen LogP contribution in [0.3, 0.4) is 0 Å². The third kappa shape index (κ3) is 6.00. The quantitative estimate of drug-likeness (QED) is 0.445. The molecule has 1 atom stereocenters. The number of hydrogen-bond donors (Lipinski definition) is 1. The Morgan fingerprint density at radius 1 is 1.24 bits per heavy atom. The highest BCUT2D eigenvalue weighted by atomic mass is 32.2. The van der Waals surface area contributed by atoms with Crippen molar-refractivity contribution in [3.05, 3.63) is 59.4 Å². The Morgan fingerprint density at radius 3 is 2.71 bits per heavy atom. The third-order valence-electron chi connectivity index (χ3n) is 5.09. The van der Waals surface area contributed by atoms with Crippen LogP contribution >= 0.6 is 18.9 Å². The molecule has 4 rings (SSSR count). The molecule has 0 amide bonds. The van der Waals surface area contributed by atoms with Gasteiger partial charge in [-0.15, -0.1) is 11.3 Å². The van der Waals surface area contributed by atoms with E-state index in [0.717, 1.165) is 64.8 Å². The second-order valence-corrected chi connectivity index (χ2v) is 12.4. The van der Waals surface area contributed by atoms with Crippen molar-refractivity contribution in [3.63, 3.8) is 0 Å². The van der Waals surface area contributed by atoms with Crippen LogP contribution in [0.25, 0.3) is 10.1 Å². The highest BCUT2D eigenvalue weighted by Crippen LogP contribution is 2.38. The van der Waals surface area contributed by atoms with E-state index in [1.807, 2.05) is 22.9 Å². The van der Waals surface area contributed by atoms with E-state index in [0.29, 0.717) is 13.2 Å². The van der Waals surface area contributed by atoms with Crippen LogP contribution in [0.4, 0.5) is 4.39 Å². The SMILES string of the molecule is N#Cc1ccc(OP(=O)([O-])CNS(=O)(=O)c2cc3cc(CN4CCOCC4)ccc3s2)cc1F. The number of nitrogens with zero attached hydrogens (tertiary/aromatic N) is 2. The summed E-state index contributed by atoms with van der Waals surface area (Å²) in [6, 6.07) is 11.7. The number of fused-ring (bicyclic) bond motifs is 1. The van der Waals surface area contributed by atoms with E-state index < -0.39 is 29.7 Å². The van der Waals surface area contributed by atoms with Crippen molar-refractivity contribution >= 4 is 39.0 Å². The van der Waals surface area contributed by atoms with Gasteiger partial charge < -0.3 is 14.2 Å². The van der Waals surface area contributed by atoms with Gasteiger partial charge in [0.15, 0.2) is 7.60 Å². The molecule has 1 saturated heterocycles. The van der Waals surface area contributed by atoms with Gasteiger partial charge in [0.25, 0.3) is 10.0 Å². The zero-order valence-corrected chi connectivity index (χ0v) is 20.3. The minimum Gasteiger partial charge on any atom is -0.768 e. The number of nitrogens with one attached hydrogen (secondary N) is 1. The molecule has 0 saturated carbocycles. The average molecular weight is 525 g/mol. The molecular formula is C21H20FN3O6PS2-. The number of halogens is 1. The van der Waals surface area contributed by atoms with Crippen LogP contribution in [0.2, 0.25) is 0 Å². The molecule has 0 aliphatic carbocycles. The maximum Gasteiger partial charge on any atom is 0.250 e. The number of morpholine rings is 1. The molecule has 0 spiro atoms. The normalized spacial score (nSPS) is 16.7. The van der Waals surface area contributed by atoms with Crippen LogP contribution in [0.5, 0.6) is 5.75 Å². The zero-order valence-electron chi connectivity index (χ0n) is 17.8. The minimum absolute atomic E-state index is 0.0320. The largest absolute Gasteiger partial charge is 0.768 e. The van der Waals surface area contributed by atoms with Crippen LogP contribution in [0.1, 0.15) is 11.1 Å². The number of rotatable bonds is 8. The first kappa shape index (κ1) is 24.8. The summed E-state index contributed by atoms with van der Waals surface area (Å²) in [6.45, 7) is 3.75. The Morgan fingerprint density at radius 2 is 2.00 bits per heavy atom. The summed E-state index contributed by atoms with van der Waals surface area (Å²) in [5.41, 5.74) is 0.767. The molecule has 1 aromatic heterocycles. The Labute approximate surface area is 199 Å². The first-order valence-corrected chi connectivity index (χ1v) is 14.2. The average Bonchev–Trinajstić information content (AvgIpc) is 3.23. The van der Waals surface area contributed by atoms with Gasteiger partial charge in [0.05, 0.1) is 25.1 Å². The van der Waals surface area contributed by atoms with Gasteiger partial charge >= 0.3 is 0 Å². The molecule has 1 fully saturated rings. The van der Waals surface area contributed by atoms with E-state index in [1.54, 1.807) is 6.07 Å². The van der Waals surface area contributed by atoms with Gasteiger partial charge in [-0.1, -0.05) is 6.07 Å². The highest BCUT2D eigenvalue weighted by molar-refractivity contribution is 7.92. The van der Waals surface area contributed by atoms with E-state index in [2.05, 4.69) is 4.90 Å². The molecular weight excluding hydrogens is 504 g/mol. The van der Waals surface area contributed by atoms with Gasteiger partial charge in [0, 0.05) is 30.4 Å². The number of sulfonamides is 1. The summed E-state index contributed by atoms with van der Waals surface area (Å²) < 4.78 is 64.2. The molecule has 1 aliphatic heterocycles. The summed E-state index contributed by atoms with van der Waals surface area (Å²) in [5, 5.41) is 9.48. The number of benzene rings is 2. The van der Waals surface area contributed by atoms with Crippen LogP contribution in [0.15, 0.2) is 46.7 Å². The van der Waals surface area contributed by atoms with Crippen molar-refractivity contribution in [3.8, 4) is 11.8 Å². The van der Waals surface area contributed by atoms with Gasteiger partial charge in [-0.25, -0.2) is 17.5 Å². The molecule has 0 bridgehead atoms. The van der Waals surface area contributed by atoms with Crippen molar-refractivity contribution in [1.82, 2.24) is 9.62 Å². The molecule has 34 heavy (non-hydrogen) atoms. The van der Waals surface area contributed by atoms with Crippen molar-refractivity contribution in [2.75, 3.05) is 32.6 Å². The van der Waals surface area contributed by atoms with Crippen molar-refractivity contribution in [2.24, 2.45) is 0 Å². The molecule has 180 valence electrons. The Hall–Kier alpha value is -2.36. The monoisotopic (exact) mass is 524 g/mol. The minimum atomic E-state index is -4.74. The zero-order chi connectivity index (χ0) is 24.3. The molecule has 13 heteroatoms. The van der Waals surface area contributed by atoms with Crippen molar-refractivity contribution < 1.29 is 31.5 Å². The molecule has 2 heterocycles. The standard InChI is InChI=1S/C21H21FN3O6PS2/c22-19-11-18(3-2-16(19)12-23)31-32(26,27)14-24-34(28,29)21-10-17-9-15(1-4-20(17)33-21)13-25-5-7-30-8-6-25/h1-4,9-11,24H,5-8,13-14H2,(H,26,27)/p-1. The molecule has 0 radical (unpaired) electrons. The Kier molecular flexibility index (Phi) is 7.35. The lowest BCUT2D eigenvalue weighted by atomic mass is 10.1. The summed E-state index contributed by atoms with van der Waals surface area (Å²) in [4.78, 5) is 14.5. The van der Waals surface area contributed by atoms with Crippen molar-refractivity contribution in [1.29, 1.82) is 5.26 Å². The van der Waals surface area contributed by atoms with E-state index in [4.69, 9.17) is 14.5 Å². The van der Waals surface area contributed by atoms with Crippen LogP contribution in [0, 0.1) is 17.1 Å². The van der Waals surface area contributed by atoms with Gasteiger partial charge in [-0.05, 0) is 41.3 Å². The van der Waals surface area contributed by atoms with E-state index in [9.17, 15) is 22.3 Å². The maximum absolute atomic E-state index is 13.7. The predicted molar refractivity (Wildman–Crippen MR) is 122 cm³/mol. The highest BCUT2D eigenvalue weighted by Gasteiger charge is 2.22. The lowest BCUT2D eigenvalue weighted by molar-refractivity contribution is -0.191. The summed E-state index contributed by atoms with van der Waals surface area (Å²) in [7, 11) is -8.87. The lowest BCUT2D eigenvalue weighted by Crippen LogP contribution is -2.35. The van der Waals surface area contributed by atoms with Crippen LogP contribution in [-0.2, 0) is 25.9 Å². The Balaban J connectivity index is 1.43.